The van der Waals surface area contributed by atoms with E-state index in [-0.39, 0.29) is 5.91 Å². The van der Waals surface area contributed by atoms with Gasteiger partial charge < -0.3 is 9.88 Å². The molecular formula is C22H24N2O. The van der Waals surface area contributed by atoms with Crippen LogP contribution in [0, 0.1) is 27.7 Å². The van der Waals surface area contributed by atoms with Crippen LogP contribution in [-0.4, -0.2) is 10.5 Å². The second-order valence-electron chi connectivity index (χ2n) is 6.65. The van der Waals surface area contributed by atoms with Crippen molar-refractivity contribution in [2.24, 2.45) is 0 Å². The van der Waals surface area contributed by atoms with Gasteiger partial charge >= 0.3 is 0 Å². The van der Waals surface area contributed by atoms with Gasteiger partial charge in [0.15, 0.2) is 0 Å². The Morgan fingerprint density at radius 1 is 0.920 bits per heavy atom. The lowest BCUT2D eigenvalue weighted by Crippen LogP contribution is -2.19. The van der Waals surface area contributed by atoms with Gasteiger partial charge in [0.2, 0.25) is 0 Å². The fourth-order valence-electron chi connectivity index (χ4n) is 3.14. The van der Waals surface area contributed by atoms with Crippen LogP contribution in [0.5, 0.6) is 0 Å². The average Bonchev–Trinajstić information content (AvgIpc) is 2.85. The molecule has 3 heteroatoms. The summed E-state index contributed by atoms with van der Waals surface area (Å²) >= 11 is 0. The minimum absolute atomic E-state index is 0.0666. The van der Waals surface area contributed by atoms with E-state index in [4.69, 9.17) is 0 Å². The molecule has 0 saturated carbocycles. The van der Waals surface area contributed by atoms with E-state index in [1.165, 1.54) is 16.7 Å². The Morgan fingerprint density at radius 2 is 1.60 bits per heavy atom. The maximum Gasteiger partial charge on any atom is 0.272 e. The fraction of sp³-hybridized carbons (Fsp3) is 0.227. The Labute approximate surface area is 149 Å². The molecule has 3 rings (SSSR count). The van der Waals surface area contributed by atoms with E-state index >= 15 is 0 Å². The van der Waals surface area contributed by atoms with Crippen LogP contribution in [0.1, 0.15) is 38.4 Å². The maximum absolute atomic E-state index is 12.9. The molecule has 0 aliphatic rings. The van der Waals surface area contributed by atoms with Gasteiger partial charge in [-0.3, -0.25) is 4.79 Å². The molecule has 3 aromatic rings. The monoisotopic (exact) mass is 332 g/mol. The van der Waals surface area contributed by atoms with Crippen LogP contribution in [-0.2, 0) is 6.54 Å². The van der Waals surface area contributed by atoms with Crippen molar-refractivity contribution in [2.75, 3.05) is 5.32 Å². The Hall–Kier alpha value is -2.81. The first kappa shape index (κ1) is 17.0. The molecular weight excluding hydrogens is 308 g/mol. The van der Waals surface area contributed by atoms with E-state index < -0.39 is 0 Å². The highest BCUT2D eigenvalue weighted by atomic mass is 16.2. The topological polar surface area (TPSA) is 34.0 Å². The Kier molecular flexibility index (Phi) is 4.75. The lowest BCUT2D eigenvalue weighted by molar-refractivity contribution is 0.101. The number of nitrogens with one attached hydrogen (secondary N) is 1. The Bertz CT molecular complexity index is 904. The molecule has 0 saturated heterocycles. The summed E-state index contributed by atoms with van der Waals surface area (Å²) in [4.78, 5) is 12.9. The summed E-state index contributed by atoms with van der Waals surface area (Å²) in [6.45, 7) is 8.88. The highest BCUT2D eigenvalue weighted by molar-refractivity contribution is 6.04. The molecule has 0 atom stereocenters. The van der Waals surface area contributed by atoms with Crippen LogP contribution in [0.2, 0.25) is 0 Å². The van der Waals surface area contributed by atoms with Crippen LogP contribution in [0.4, 0.5) is 5.69 Å². The van der Waals surface area contributed by atoms with Crippen molar-refractivity contribution in [3.63, 3.8) is 0 Å². The van der Waals surface area contributed by atoms with Crippen molar-refractivity contribution in [1.82, 2.24) is 4.57 Å². The van der Waals surface area contributed by atoms with Crippen molar-refractivity contribution in [1.29, 1.82) is 0 Å². The third kappa shape index (κ3) is 3.66. The first-order valence-electron chi connectivity index (χ1n) is 8.55. The van der Waals surface area contributed by atoms with E-state index in [1.54, 1.807) is 0 Å². The number of benzene rings is 2. The molecule has 0 fully saturated rings. The van der Waals surface area contributed by atoms with Gasteiger partial charge in [0.05, 0.1) is 0 Å². The number of rotatable bonds is 4. The molecule has 1 N–H and O–H groups in total. The standard InChI is InChI=1S/C22H24N2O/c1-15-9-11-20(12-10-15)23-22(25)21-17(3)13-18(4)24(21)14-19-8-6-5-7-16(19)2/h5-13H,14H2,1-4H3,(H,23,25). The quantitative estimate of drug-likeness (QED) is 0.715. The highest BCUT2D eigenvalue weighted by Crippen LogP contribution is 2.20. The van der Waals surface area contributed by atoms with Crippen molar-refractivity contribution in [2.45, 2.75) is 34.2 Å². The second-order valence-corrected chi connectivity index (χ2v) is 6.65. The Balaban J connectivity index is 1.92. The van der Waals surface area contributed by atoms with E-state index in [9.17, 15) is 4.79 Å². The number of hydrogen-bond donors (Lipinski definition) is 1. The average molecular weight is 332 g/mol. The molecule has 128 valence electrons. The zero-order chi connectivity index (χ0) is 18.0. The molecule has 0 bridgehead atoms. The smallest absolute Gasteiger partial charge is 0.272 e. The highest BCUT2D eigenvalue weighted by Gasteiger charge is 2.18. The molecule has 1 aromatic heterocycles. The summed E-state index contributed by atoms with van der Waals surface area (Å²) in [5, 5.41) is 3.02. The predicted molar refractivity (Wildman–Crippen MR) is 103 cm³/mol. The molecule has 0 aliphatic heterocycles. The number of aryl methyl sites for hydroxylation is 4. The SMILES string of the molecule is Cc1ccc(NC(=O)c2c(C)cc(C)n2Cc2ccccc2C)cc1. The molecule has 0 spiro atoms. The number of aromatic nitrogens is 1. The first-order chi connectivity index (χ1) is 12.0. The van der Waals surface area contributed by atoms with Crippen molar-refractivity contribution >= 4 is 11.6 Å². The van der Waals surface area contributed by atoms with Gasteiger partial charge in [0, 0.05) is 17.9 Å². The zero-order valence-corrected chi connectivity index (χ0v) is 15.3. The van der Waals surface area contributed by atoms with Gasteiger partial charge in [0.1, 0.15) is 5.69 Å². The minimum Gasteiger partial charge on any atom is -0.336 e. The second kappa shape index (κ2) is 6.98. The summed E-state index contributed by atoms with van der Waals surface area (Å²) in [6, 6.07) is 18.2. The van der Waals surface area contributed by atoms with E-state index in [1.807, 2.05) is 57.2 Å². The van der Waals surface area contributed by atoms with Crippen LogP contribution in [0.25, 0.3) is 0 Å². The van der Waals surface area contributed by atoms with Crippen LogP contribution in [0.15, 0.2) is 54.6 Å². The van der Waals surface area contributed by atoms with Crippen LogP contribution >= 0.6 is 0 Å². The number of carbonyl (C=O) groups is 1. The molecule has 1 amide bonds. The minimum atomic E-state index is -0.0666. The summed E-state index contributed by atoms with van der Waals surface area (Å²) in [5.74, 6) is -0.0666. The van der Waals surface area contributed by atoms with E-state index in [2.05, 4.69) is 35.0 Å². The van der Waals surface area contributed by atoms with E-state index in [0.717, 1.165) is 22.6 Å². The Morgan fingerprint density at radius 3 is 2.28 bits per heavy atom. The number of amides is 1. The molecule has 2 aromatic carbocycles. The summed E-state index contributed by atoms with van der Waals surface area (Å²) in [5.41, 5.74) is 7.26. The number of hydrogen-bond acceptors (Lipinski definition) is 1. The third-order valence-corrected chi connectivity index (χ3v) is 4.61. The molecule has 25 heavy (non-hydrogen) atoms. The van der Waals surface area contributed by atoms with Crippen molar-refractivity contribution < 1.29 is 4.79 Å². The van der Waals surface area contributed by atoms with Crippen LogP contribution < -0.4 is 5.32 Å². The largest absolute Gasteiger partial charge is 0.336 e. The fourth-order valence-corrected chi connectivity index (χ4v) is 3.14. The van der Waals surface area contributed by atoms with Gasteiger partial charge in [-0.15, -0.1) is 0 Å². The normalized spacial score (nSPS) is 10.7. The maximum atomic E-state index is 12.9. The van der Waals surface area contributed by atoms with Gasteiger partial charge in [-0.1, -0.05) is 42.0 Å². The molecule has 0 unspecified atom stereocenters. The number of carbonyl (C=O) groups excluding carboxylic acids is 1. The van der Waals surface area contributed by atoms with Gasteiger partial charge in [-0.2, -0.15) is 0 Å². The molecule has 1 heterocycles. The number of nitrogens with zero attached hydrogens (tertiary/aromatic N) is 1. The summed E-state index contributed by atoms with van der Waals surface area (Å²) in [7, 11) is 0. The van der Waals surface area contributed by atoms with Crippen molar-refractivity contribution in [3.8, 4) is 0 Å². The lowest BCUT2D eigenvalue weighted by atomic mass is 10.1. The lowest BCUT2D eigenvalue weighted by Gasteiger charge is -2.14. The zero-order valence-electron chi connectivity index (χ0n) is 15.3. The first-order valence-corrected chi connectivity index (χ1v) is 8.55. The van der Waals surface area contributed by atoms with Gasteiger partial charge in [-0.05, 0) is 62.6 Å². The third-order valence-electron chi connectivity index (χ3n) is 4.61. The predicted octanol–water partition coefficient (Wildman–Crippen LogP) is 5.02. The molecule has 0 aliphatic carbocycles. The summed E-state index contributed by atoms with van der Waals surface area (Å²) in [6.07, 6.45) is 0. The van der Waals surface area contributed by atoms with Crippen LogP contribution in [0.3, 0.4) is 0 Å². The van der Waals surface area contributed by atoms with Gasteiger partial charge in [-0.25, -0.2) is 0 Å². The van der Waals surface area contributed by atoms with E-state index in [0.29, 0.717) is 6.54 Å². The summed E-state index contributed by atoms with van der Waals surface area (Å²) < 4.78 is 2.10. The molecule has 3 nitrogen and oxygen atoms in total. The number of anilines is 1. The van der Waals surface area contributed by atoms with Gasteiger partial charge in [0.25, 0.3) is 5.91 Å². The van der Waals surface area contributed by atoms with Crippen molar-refractivity contribution in [3.05, 3.63) is 88.2 Å². The molecule has 0 radical (unpaired) electrons.